The molecule has 1 aliphatic heterocycles. The Morgan fingerprint density at radius 3 is 2.79 bits per heavy atom. The van der Waals surface area contributed by atoms with E-state index in [1.54, 1.807) is 0 Å². The molecule has 140 valence electrons. The van der Waals surface area contributed by atoms with Crippen molar-refractivity contribution < 1.29 is 4.74 Å². The van der Waals surface area contributed by atoms with Crippen LogP contribution in [0.2, 0.25) is 0 Å². The maximum absolute atomic E-state index is 6.06. The first kappa shape index (κ1) is 17.0. The van der Waals surface area contributed by atoms with E-state index in [1.807, 2.05) is 55.0 Å². The summed E-state index contributed by atoms with van der Waals surface area (Å²) in [7, 11) is 0. The molecule has 4 aromatic rings. The fourth-order valence-corrected chi connectivity index (χ4v) is 3.69. The smallest absolute Gasteiger partial charge is 0.137 e. The highest BCUT2D eigenvalue weighted by molar-refractivity contribution is 5.63. The second-order valence-electron chi connectivity index (χ2n) is 6.96. The van der Waals surface area contributed by atoms with Gasteiger partial charge in [0.05, 0.1) is 23.7 Å². The molecule has 1 fully saturated rings. The minimum atomic E-state index is -0.0392. The monoisotopic (exact) mass is 371 g/mol. The number of hydrogen-bond donors (Lipinski definition) is 0. The van der Waals surface area contributed by atoms with Crippen LogP contribution in [0.1, 0.15) is 17.5 Å². The van der Waals surface area contributed by atoms with Gasteiger partial charge in [0.15, 0.2) is 0 Å². The molecular weight excluding hydrogens is 350 g/mol. The van der Waals surface area contributed by atoms with Crippen LogP contribution in [0.4, 0.5) is 0 Å². The molecule has 5 rings (SSSR count). The second-order valence-corrected chi connectivity index (χ2v) is 6.96. The zero-order valence-corrected chi connectivity index (χ0v) is 15.5. The second kappa shape index (κ2) is 7.50. The summed E-state index contributed by atoms with van der Waals surface area (Å²) < 4.78 is 8.19. The lowest BCUT2D eigenvalue weighted by Gasteiger charge is -2.31. The van der Waals surface area contributed by atoms with Gasteiger partial charge < -0.3 is 4.74 Å². The highest BCUT2D eigenvalue weighted by Crippen LogP contribution is 2.26. The minimum absolute atomic E-state index is 0.0392. The Labute approximate surface area is 163 Å². The van der Waals surface area contributed by atoms with Crippen molar-refractivity contribution in [2.75, 3.05) is 19.7 Å². The van der Waals surface area contributed by atoms with Crippen molar-refractivity contribution in [3.8, 4) is 11.3 Å². The van der Waals surface area contributed by atoms with Crippen molar-refractivity contribution in [2.45, 2.75) is 12.6 Å². The largest absolute Gasteiger partial charge is 0.369 e. The number of hydrogen-bond acceptors (Lipinski definition) is 5. The first-order valence-electron chi connectivity index (χ1n) is 9.49. The maximum Gasteiger partial charge on any atom is 0.137 e. The summed E-state index contributed by atoms with van der Waals surface area (Å²) in [5, 5.41) is 0. The summed E-state index contributed by atoms with van der Waals surface area (Å²) in [5.74, 6) is 0. The number of imidazole rings is 1. The predicted octanol–water partition coefficient (Wildman–Crippen LogP) is 3.36. The highest BCUT2D eigenvalue weighted by Gasteiger charge is 2.24. The van der Waals surface area contributed by atoms with Crippen LogP contribution in [0, 0.1) is 0 Å². The molecule has 0 radical (unpaired) electrons. The van der Waals surface area contributed by atoms with Crippen molar-refractivity contribution in [3.63, 3.8) is 0 Å². The predicted molar refractivity (Wildman–Crippen MR) is 107 cm³/mol. The summed E-state index contributed by atoms with van der Waals surface area (Å²) in [6, 6.07) is 16.2. The maximum atomic E-state index is 6.06. The van der Waals surface area contributed by atoms with Gasteiger partial charge in [-0.2, -0.15) is 0 Å². The van der Waals surface area contributed by atoms with Gasteiger partial charge in [0, 0.05) is 50.0 Å². The summed E-state index contributed by atoms with van der Waals surface area (Å²) in [6.45, 7) is 3.24. The average Bonchev–Trinajstić information content (AvgIpc) is 3.20. The normalized spacial score (nSPS) is 17.8. The molecule has 5 heterocycles. The van der Waals surface area contributed by atoms with E-state index < -0.39 is 0 Å². The molecule has 6 heteroatoms. The van der Waals surface area contributed by atoms with Crippen molar-refractivity contribution >= 4 is 5.65 Å². The van der Waals surface area contributed by atoms with E-state index in [1.165, 1.54) is 0 Å². The van der Waals surface area contributed by atoms with Crippen LogP contribution < -0.4 is 0 Å². The molecule has 1 unspecified atom stereocenters. The first-order valence-corrected chi connectivity index (χ1v) is 9.49. The number of fused-ring (bicyclic) bond motifs is 1. The topological polar surface area (TPSA) is 55.6 Å². The van der Waals surface area contributed by atoms with E-state index in [-0.39, 0.29) is 6.10 Å². The van der Waals surface area contributed by atoms with Crippen LogP contribution >= 0.6 is 0 Å². The first-order chi connectivity index (χ1) is 13.9. The third-order valence-electron chi connectivity index (χ3n) is 5.08. The summed E-state index contributed by atoms with van der Waals surface area (Å²) >= 11 is 0. The molecule has 4 aromatic heterocycles. The summed E-state index contributed by atoms with van der Waals surface area (Å²) in [5.41, 5.74) is 5.19. The fraction of sp³-hybridized carbons (Fsp3) is 0.227. The quantitative estimate of drug-likeness (QED) is 0.551. The van der Waals surface area contributed by atoms with Gasteiger partial charge in [0.1, 0.15) is 11.8 Å². The zero-order chi connectivity index (χ0) is 18.8. The third-order valence-corrected chi connectivity index (χ3v) is 5.08. The zero-order valence-electron chi connectivity index (χ0n) is 15.5. The molecule has 28 heavy (non-hydrogen) atoms. The van der Waals surface area contributed by atoms with E-state index in [0.29, 0.717) is 6.61 Å². The van der Waals surface area contributed by atoms with Crippen LogP contribution in [0.25, 0.3) is 16.9 Å². The molecular formula is C22H21N5O. The van der Waals surface area contributed by atoms with Gasteiger partial charge >= 0.3 is 0 Å². The molecule has 1 saturated heterocycles. The SMILES string of the molecule is c1ccc(CN2CCOC(c3cn4c(-c5ccncc5)cccc4n3)C2)nc1. The molecule has 0 saturated carbocycles. The average molecular weight is 371 g/mol. The number of aromatic nitrogens is 4. The van der Waals surface area contributed by atoms with Gasteiger partial charge in [0.2, 0.25) is 0 Å². The number of morpholine rings is 1. The molecule has 6 nitrogen and oxygen atoms in total. The van der Waals surface area contributed by atoms with Crippen LogP contribution in [0.3, 0.4) is 0 Å². The van der Waals surface area contributed by atoms with Crippen molar-refractivity contribution in [1.29, 1.82) is 0 Å². The van der Waals surface area contributed by atoms with Gasteiger partial charge in [-0.15, -0.1) is 0 Å². The number of rotatable bonds is 4. The third kappa shape index (κ3) is 3.40. The standard InChI is InChI=1S/C22H21N5O/c1-2-9-24-18(4-1)14-26-12-13-28-21(16-26)19-15-27-20(5-3-6-22(27)25-19)17-7-10-23-11-8-17/h1-11,15,21H,12-14,16H2. The van der Waals surface area contributed by atoms with Crippen LogP contribution in [0.15, 0.2) is 73.3 Å². The summed E-state index contributed by atoms with van der Waals surface area (Å²) in [4.78, 5) is 15.8. The van der Waals surface area contributed by atoms with Gasteiger partial charge in [0.25, 0.3) is 0 Å². The van der Waals surface area contributed by atoms with E-state index in [4.69, 9.17) is 9.72 Å². The van der Waals surface area contributed by atoms with Crippen molar-refractivity contribution in [1.82, 2.24) is 24.3 Å². The molecule has 0 amide bonds. The van der Waals surface area contributed by atoms with E-state index >= 15 is 0 Å². The van der Waals surface area contributed by atoms with Crippen molar-refractivity contribution in [2.24, 2.45) is 0 Å². The Balaban J connectivity index is 1.41. The lowest BCUT2D eigenvalue weighted by Crippen LogP contribution is -2.38. The van der Waals surface area contributed by atoms with E-state index in [2.05, 4.69) is 37.6 Å². The van der Waals surface area contributed by atoms with Gasteiger partial charge in [-0.05, 0) is 36.4 Å². The Morgan fingerprint density at radius 1 is 1.00 bits per heavy atom. The Bertz CT molecular complexity index is 1060. The van der Waals surface area contributed by atoms with E-state index in [9.17, 15) is 0 Å². The number of pyridine rings is 3. The number of ether oxygens (including phenoxy) is 1. The van der Waals surface area contributed by atoms with Crippen LogP contribution in [0.5, 0.6) is 0 Å². The van der Waals surface area contributed by atoms with Crippen LogP contribution in [-0.4, -0.2) is 43.9 Å². The minimum Gasteiger partial charge on any atom is -0.369 e. The molecule has 0 bridgehead atoms. The molecule has 0 aromatic carbocycles. The van der Waals surface area contributed by atoms with Crippen molar-refractivity contribution in [3.05, 3.63) is 84.7 Å². The lowest BCUT2D eigenvalue weighted by atomic mass is 10.2. The Hall–Kier alpha value is -3.09. The Morgan fingerprint density at radius 2 is 1.93 bits per heavy atom. The lowest BCUT2D eigenvalue weighted by molar-refractivity contribution is -0.0351. The molecule has 0 aliphatic carbocycles. The van der Waals surface area contributed by atoms with Gasteiger partial charge in [-0.25, -0.2) is 4.98 Å². The summed E-state index contributed by atoms with van der Waals surface area (Å²) in [6.07, 6.45) is 7.52. The molecule has 1 aliphatic rings. The molecule has 0 N–H and O–H groups in total. The van der Waals surface area contributed by atoms with E-state index in [0.717, 1.165) is 47.9 Å². The van der Waals surface area contributed by atoms with Crippen LogP contribution in [-0.2, 0) is 11.3 Å². The number of nitrogens with zero attached hydrogens (tertiary/aromatic N) is 5. The Kier molecular flexibility index (Phi) is 4.56. The van der Waals surface area contributed by atoms with Gasteiger partial charge in [-0.1, -0.05) is 12.1 Å². The highest BCUT2D eigenvalue weighted by atomic mass is 16.5. The fourth-order valence-electron chi connectivity index (χ4n) is 3.69. The van der Waals surface area contributed by atoms with Gasteiger partial charge in [-0.3, -0.25) is 19.3 Å². The molecule has 1 atom stereocenters. The molecule has 0 spiro atoms.